The minimum atomic E-state index is 0.304. The van der Waals surface area contributed by atoms with Gasteiger partial charge in [0, 0.05) is 17.2 Å². The first-order valence-corrected chi connectivity index (χ1v) is 8.54. The van der Waals surface area contributed by atoms with Crippen molar-refractivity contribution in [3.05, 3.63) is 33.0 Å². The van der Waals surface area contributed by atoms with Crippen molar-refractivity contribution < 1.29 is 0 Å². The Labute approximate surface area is 142 Å². The molecule has 0 aliphatic heterocycles. The SMILES string of the molecule is CCCNc1nc(-c2ccc(Br)cn2)nc(C(C)C)c1Br. The lowest BCUT2D eigenvalue weighted by molar-refractivity contribution is 0.807. The van der Waals surface area contributed by atoms with Crippen LogP contribution in [0.5, 0.6) is 0 Å². The van der Waals surface area contributed by atoms with Crippen LogP contribution in [-0.2, 0) is 0 Å². The Bertz CT molecular complexity index is 612. The van der Waals surface area contributed by atoms with E-state index in [0.29, 0.717) is 11.7 Å². The van der Waals surface area contributed by atoms with Gasteiger partial charge >= 0.3 is 0 Å². The van der Waals surface area contributed by atoms with Gasteiger partial charge in [-0.2, -0.15) is 0 Å². The predicted molar refractivity (Wildman–Crippen MR) is 93.5 cm³/mol. The third-order valence-corrected chi connectivity index (χ3v) is 4.17. The van der Waals surface area contributed by atoms with E-state index in [2.05, 4.69) is 72.9 Å². The second-order valence-corrected chi connectivity index (χ2v) is 6.75. The molecule has 0 saturated carbocycles. The van der Waals surface area contributed by atoms with E-state index >= 15 is 0 Å². The summed E-state index contributed by atoms with van der Waals surface area (Å²) < 4.78 is 1.88. The molecule has 2 aromatic heterocycles. The molecule has 0 radical (unpaired) electrons. The first-order valence-electron chi connectivity index (χ1n) is 6.96. The Kier molecular flexibility index (Phi) is 5.70. The average molecular weight is 414 g/mol. The fourth-order valence-corrected chi connectivity index (χ4v) is 2.84. The quantitative estimate of drug-likeness (QED) is 0.748. The molecule has 0 aromatic carbocycles. The summed E-state index contributed by atoms with van der Waals surface area (Å²) in [5.74, 6) is 1.78. The molecule has 2 heterocycles. The maximum Gasteiger partial charge on any atom is 0.180 e. The van der Waals surface area contributed by atoms with E-state index in [1.807, 2.05) is 12.1 Å². The van der Waals surface area contributed by atoms with Crippen LogP contribution in [0.1, 0.15) is 38.8 Å². The monoisotopic (exact) mass is 412 g/mol. The smallest absolute Gasteiger partial charge is 0.180 e. The molecule has 0 bridgehead atoms. The van der Waals surface area contributed by atoms with E-state index in [0.717, 1.165) is 39.1 Å². The van der Waals surface area contributed by atoms with Gasteiger partial charge in [0.15, 0.2) is 5.82 Å². The van der Waals surface area contributed by atoms with Gasteiger partial charge < -0.3 is 5.32 Å². The molecule has 2 rings (SSSR count). The molecular weight excluding hydrogens is 396 g/mol. The molecule has 0 spiro atoms. The second kappa shape index (κ2) is 7.31. The third kappa shape index (κ3) is 4.01. The van der Waals surface area contributed by atoms with Crippen LogP contribution in [0, 0.1) is 0 Å². The van der Waals surface area contributed by atoms with Crippen molar-refractivity contribution in [3.8, 4) is 11.5 Å². The van der Waals surface area contributed by atoms with Crippen molar-refractivity contribution in [1.29, 1.82) is 0 Å². The molecule has 0 amide bonds. The van der Waals surface area contributed by atoms with Gasteiger partial charge in [-0.1, -0.05) is 20.8 Å². The minimum absolute atomic E-state index is 0.304. The molecule has 0 unspecified atom stereocenters. The van der Waals surface area contributed by atoms with Gasteiger partial charge in [-0.25, -0.2) is 9.97 Å². The number of anilines is 1. The molecule has 0 atom stereocenters. The average Bonchev–Trinajstić information content (AvgIpc) is 2.47. The van der Waals surface area contributed by atoms with Gasteiger partial charge in [0.25, 0.3) is 0 Å². The van der Waals surface area contributed by atoms with Crippen LogP contribution in [0.15, 0.2) is 27.3 Å². The van der Waals surface area contributed by atoms with Crippen LogP contribution in [0.2, 0.25) is 0 Å². The van der Waals surface area contributed by atoms with Gasteiger partial charge in [-0.15, -0.1) is 0 Å². The fourth-order valence-electron chi connectivity index (χ4n) is 1.83. The number of hydrogen-bond acceptors (Lipinski definition) is 4. The highest BCUT2D eigenvalue weighted by molar-refractivity contribution is 9.11. The van der Waals surface area contributed by atoms with Gasteiger partial charge in [0.2, 0.25) is 0 Å². The molecule has 1 N–H and O–H groups in total. The molecule has 0 aliphatic carbocycles. The Hall–Kier alpha value is -1.01. The highest BCUT2D eigenvalue weighted by Gasteiger charge is 2.16. The Balaban J connectivity index is 2.50. The van der Waals surface area contributed by atoms with Crippen molar-refractivity contribution >= 4 is 37.7 Å². The van der Waals surface area contributed by atoms with Crippen molar-refractivity contribution in [2.24, 2.45) is 0 Å². The summed E-state index contributed by atoms with van der Waals surface area (Å²) in [4.78, 5) is 13.7. The summed E-state index contributed by atoms with van der Waals surface area (Å²) >= 11 is 7.01. The second-order valence-electron chi connectivity index (χ2n) is 5.04. The standard InChI is InChI=1S/C15H18Br2N4/c1-4-7-18-15-12(17)13(9(2)3)20-14(21-15)11-6-5-10(16)8-19-11/h5-6,8-9H,4,7H2,1-3H3,(H,18,20,21). The number of rotatable bonds is 5. The first kappa shape index (κ1) is 16.4. The van der Waals surface area contributed by atoms with Crippen molar-refractivity contribution in [1.82, 2.24) is 15.0 Å². The van der Waals surface area contributed by atoms with Crippen LogP contribution in [0.4, 0.5) is 5.82 Å². The maximum atomic E-state index is 4.66. The molecule has 21 heavy (non-hydrogen) atoms. The highest BCUT2D eigenvalue weighted by Crippen LogP contribution is 2.31. The molecule has 2 aromatic rings. The number of hydrogen-bond donors (Lipinski definition) is 1. The molecular formula is C15H18Br2N4. The fraction of sp³-hybridized carbons (Fsp3) is 0.400. The van der Waals surface area contributed by atoms with E-state index in [-0.39, 0.29) is 0 Å². The summed E-state index contributed by atoms with van der Waals surface area (Å²) in [6.45, 7) is 7.24. The zero-order chi connectivity index (χ0) is 15.4. The van der Waals surface area contributed by atoms with Gasteiger partial charge in [0.1, 0.15) is 11.5 Å². The molecule has 112 valence electrons. The van der Waals surface area contributed by atoms with E-state index in [1.54, 1.807) is 6.20 Å². The highest BCUT2D eigenvalue weighted by atomic mass is 79.9. The van der Waals surface area contributed by atoms with E-state index < -0.39 is 0 Å². The zero-order valence-corrected chi connectivity index (χ0v) is 15.5. The van der Waals surface area contributed by atoms with Crippen LogP contribution in [-0.4, -0.2) is 21.5 Å². The van der Waals surface area contributed by atoms with Gasteiger partial charge in [-0.05, 0) is 56.3 Å². The Morgan fingerprint density at radius 3 is 2.52 bits per heavy atom. The molecule has 0 fully saturated rings. The number of pyridine rings is 1. The molecule has 6 heteroatoms. The van der Waals surface area contributed by atoms with Crippen molar-refractivity contribution in [3.63, 3.8) is 0 Å². The van der Waals surface area contributed by atoms with Crippen LogP contribution in [0.25, 0.3) is 11.5 Å². The normalized spacial score (nSPS) is 11.0. The summed E-state index contributed by atoms with van der Waals surface area (Å²) in [5.41, 5.74) is 1.76. The summed E-state index contributed by atoms with van der Waals surface area (Å²) in [5, 5.41) is 3.34. The van der Waals surface area contributed by atoms with E-state index in [9.17, 15) is 0 Å². The summed E-state index contributed by atoms with van der Waals surface area (Å²) in [7, 11) is 0. The van der Waals surface area contributed by atoms with Crippen LogP contribution in [0.3, 0.4) is 0 Å². The largest absolute Gasteiger partial charge is 0.369 e. The van der Waals surface area contributed by atoms with E-state index in [4.69, 9.17) is 0 Å². The lowest BCUT2D eigenvalue weighted by atomic mass is 10.1. The molecule has 4 nitrogen and oxygen atoms in total. The maximum absolute atomic E-state index is 4.66. The Morgan fingerprint density at radius 2 is 1.95 bits per heavy atom. The summed E-state index contributed by atoms with van der Waals surface area (Å²) in [6, 6.07) is 3.86. The third-order valence-electron chi connectivity index (χ3n) is 2.92. The van der Waals surface area contributed by atoms with Crippen LogP contribution >= 0.6 is 31.9 Å². The van der Waals surface area contributed by atoms with Gasteiger partial charge in [-0.3, -0.25) is 4.98 Å². The van der Waals surface area contributed by atoms with E-state index in [1.165, 1.54) is 0 Å². The number of halogens is 2. The van der Waals surface area contributed by atoms with Crippen molar-refractivity contribution in [2.75, 3.05) is 11.9 Å². The Morgan fingerprint density at radius 1 is 1.19 bits per heavy atom. The number of aromatic nitrogens is 3. The van der Waals surface area contributed by atoms with Gasteiger partial charge in [0.05, 0.1) is 10.2 Å². The lowest BCUT2D eigenvalue weighted by Crippen LogP contribution is -2.08. The predicted octanol–water partition coefficient (Wildman–Crippen LogP) is 5.01. The topological polar surface area (TPSA) is 50.7 Å². The first-order chi connectivity index (χ1) is 10.0. The minimum Gasteiger partial charge on any atom is -0.369 e. The lowest BCUT2D eigenvalue weighted by Gasteiger charge is -2.14. The van der Waals surface area contributed by atoms with Crippen molar-refractivity contribution in [2.45, 2.75) is 33.1 Å². The molecule has 0 saturated heterocycles. The van der Waals surface area contributed by atoms with Crippen LogP contribution < -0.4 is 5.32 Å². The zero-order valence-electron chi connectivity index (χ0n) is 12.3. The summed E-state index contributed by atoms with van der Waals surface area (Å²) in [6.07, 6.45) is 2.80. The molecule has 0 aliphatic rings. The number of nitrogens with zero attached hydrogens (tertiary/aromatic N) is 3. The number of nitrogens with one attached hydrogen (secondary N) is 1.